The minimum atomic E-state index is -1.08. The fourth-order valence-electron chi connectivity index (χ4n) is 1.69. The zero-order chi connectivity index (χ0) is 13.1. The summed E-state index contributed by atoms with van der Waals surface area (Å²) in [6.07, 6.45) is 0. The molecule has 0 saturated carbocycles. The summed E-state index contributed by atoms with van der Waals surface area (Å²) < 4.78 is 5.45. The van der Waals surface area contributed by atoms with E-state index in [1.807, 2.05) is 6.07 Å². The molecule has 1 unspecified atom stereocenters. The highest BCUT2D eigenvalue weighted by Gasteiger charge is 2.21. The van der Waals surface area contributed by atoms with Crippen molar-refractivity contribution in [3.63, 3.8) is 0 Å². The summed E-state index contributed by atoms with van der Waals surface area (Å²) in [5, 5.41) is 14.3. The number of aliphatic carboxylic acids is 1. The minimum absolute atomic E-state index is 0.341. The number of carbonyl (C=O) groups is 2. The number of para-hydroxylation sites is 1. The van der Waals surface area contributed by atoms with Crippen molar-refractivity contribution in [2.75, 3.05) is 18.5 Å². The average Bonchev–Trinajstić information content (AvgIpc) is 2.37. The third kappa shape index (κ3) is 2.37. The van der Waals surface area contributed by atoms with Gasteiger partial charge in [0.2, 0.25) is 0 Å². The fraction of sp³-hybridized carbons (Fsp3) is 0.333. The molecule has 1 atom stereocenters. The van der Waals surface area contributed by atoms with Gasteiger partial charge in [-0.1, -0.05) is 6.07 Å². The molecule has 0 aromatic heterocycles. The summed E-state index contributed by atoms with van der Waals surface area (Å²) in [7, 11) is 0. The molecule has 0 spiro atoms. The van der Waals surface area contributed by atoms with Crippen LogP contribution in [0.15, 0.2) is 18.2 Å². The number of carbonyl (C=O) groups excluding carboxylic acids is 1. The summed E-state index contributed by atoms with van der Waals surface area (Å²) in [5.74, 6) is -1.06. The number of rotatable bonds is 3. The second-order valence-electron chi connectivity index (χ2n) is 3.99. The lowest BCUT2D eigenvalue weighted by Gasteiger charge is -2.21. The monoisotopic (exact) mass is 250 g/mol. The predicted octanol–water partition coefficient (Wildman–Crippen LogP) is 0.694. The fourth-order valence-corrected chi connectivity index (χ4v) is 1.69. The molecular formula is C12H14N2O4. The molecule has 1 aliphatic heterocycles. The Morgan fingerprint density at radius 2 is 2.28 bits per heavy atom. The van der Waals surface area contributed by atoms with E-state index in [0.29, 0.717) is 24.5 Å². The van der Waals surface area contributed by atoms with Crippen LogP contribution in [0.4, 0.5) is 5.69 Å². The summed E-state index contributed by atoms with van der Waals surface area (Å²) in [6, 6.07) is 4.20. The quantitative estimate of drug-likeness (QED) is 0.734. The third-order valence-electron chi connectivity index (χ3n) is 2.64. The van der Waals surface area contributed by atoms with Crippen LogP contribution in [0, 0.1) is 0 Å². The molecule has 0 saturated heterocycles. The van der Waals surface area contributed by atoms with E-state index >= 15 is 0 Å². The highest BCUT2D eigenvalue weighted by Crippen LogP contribution is 2.31. The maximum Gasteiger partial charge on any atom is 0.325 e. The van der Waals surface area contributed by atoms with E-state index in [-0.39, 0.29) is 0 Å². The van der Waals surface area contributed by atoms with Crippen molar-refractivity contribution in [2.45, 2.75) is 13.0 Å². The van der Waals surface area contributed by atoms with Gasteiger partial charge in [-0.25, -0.2) is 0 Å². The Morgan fingerprint density at radius 3 is 3.00 bits per heavy atom. The molecule has 0 fully saturated rings. The summed E-state index contributed by atoms with van der Waals surface area (Å²) in [5.41, 5.74) is 1.09. The van der Waals surface area contributed by atoms with Gasteiger partial charge in [0.15, 0.2) is 5.75 Å². The van der Waals surface area contributed by atoms with E-state index in [2.05, 4.69) is 10.6 Å². The van der Waals surface area contributed by atoms with Crippen LogP contribution in [-0.2, 0) is 4.79 Å². The van der Waals surface area contributed by atoms with E-state index in [1.54, 1.807) is 12.1 Å². The standard InChI is InChI=1S/C12H14N2O4/c1-7(12(16)17)14-11(15)8-3-2-4-9-10(8)18-6-5-13-9/h2-4,7,13H,5-6H2,1H3,(H,14,15)(H,16,17). The largest absolute Gasteiger partial charge is 0.489 e. The molecule has 1 heterocycles. The molecule has 1 aromatic rings. The van der Waals surface area contributed by atoms with Gasteiger partial charge in [-0.3, -0.25) is 9.59 Å². The molecule has 0 radical (unpaired) electrons. The highest BCUT2D eigenvalue weighted by atomic mass is 16.5. The van der Waals surface area contributed by atoms with Crippen LogP contribution in [0.3, 0.4) is 0 Å². The lowest BCUT2D eigenvalue weighted by Crippen LogP contribution is -2.38. The van der Waals surface area contributed by atoms with Crippen molar-refractivity contribution in [3.05, 3.63) is 23.8 Å². The van der Waals surface area contributed by atoms with Crippen molar-refractivity contribution >= 4 is 17.6 Å². The number of carboxylic acid groups (broad SMARTS) is 1. The molecule has 0 aliphatic carbocycles. The Hall–Kier alpha value is -2.24. The van der Waals surface area contributed by atoms with Gasteiger partial charge in [-0.15, -0.1) is 0 Å². The number of hydrogen-bond acceptors (Lipinski definition) is 4. The molecule has 18 heavy (non-hydrogen) atoms. The smallest absolute Gasteiger partial charge is 0.325 e. The van der Waals surface area contributed by atoms with E-state index in [4.69, 9.17) is 9.84 Å². The van der Waals surface area contributed by atoms with Crippen molar-refractivity contribution in [1.29, 1.82) is 0 Å². The van der Waals surface area contributed by atoms with Gasteiger partial charge < -0.3 is 20.5 Å². The molecule has 1 amide bonds. The molecular weight excluding hydrogens is 236 g/mol. The Bertz CT molecular complexity index is 487. The number of fused-ring (bicyclic) bond motifs is 1. The first kappa shape index (κ1) is 12.2. The van der Waals surface area contributed by atoms with Crippen LogP contribution in [0.25, 0.3) is 0 Å². The molecule has 1 aliphatic rings. The third-order valence-corrected chi connectivity index (χ3v) is 2.64. The van der Waals surface area contributed by atoms with Crippen LogP contribution >= 0.6 is 0 Å². The van der Waals surface area contributed by atoms with Crippen molar-refractivity contribution in [3.8, 4) is 5.75 Å². The lowest BCUT2D eigenvalue weighted by atomic mass is 10.1. The van der Waals surface area contributed by atoms with Crippen LogP contribution in [-0.4, -0.2) is 36.2 Å². The topological polar surface area (TPSA) is 87.7 Å². The summed E-state index contributed by atoms with van der Waals surface area (Å²) in [6.45, 7) is 2.57. The summed E-state index contributed by atoms with van der Waals surface area (Å²) >= 11 is 0. The van der Waals surface area contributed by atoms with Crippen LogP contribution in [0.5, 0.6) is 5.75 Å². The van der Waals surface area contributed by atoms with E-state index in [0.717, 1.165) is 5.69 Å². The molecule has 0 bridgehead atoms. The predicted molar refractivity (Wildman–Crippen MR) is 65.0 cm³/mol. The highest BCUT2D eigenvalue weighted by molar-refractivity contribution is 6.00. The van der Waals surface area contributed by atoms with Gasteiger partial charge >= 0.3 is 5.97 Å². The number of nitrogens with one attached hydrogen (secondary N) is 2. The molecule has 96 valence electrons. The van der Waals surface area contributed by atoms with Crippen LogP contribution in [0.2, 0.25) is 0 Å². The molecule has 1 aromatic carbocycles. The molecule has 2 rings (SSSR count). The zero-order valence-electron chi connectivity index (χ0n) is 9.90. The van der Waals surface area contributed by atoms with Crippen molar-refractivity contribution in [2.24, 2.45) is 0 Å². The van der Waals surface area contributed by atoms with Gasteiger partial charge in [0.05, 0.1) is 11.3 Å². The SMILES string of the molecule is CC(NC(=O)c1cccc2c1OCCN2)C(=O)O. The number of benzene rings is 1. The van der Waals surface area contributed by atoms with Gasteiger partial charge in [-0.2, -0.15) is 0 Å². The minimum Gasteiger partial charge on any atom is -0.489 e. The summed E-state index contributed by atoms with van der Waals surface area (Å²) in [4.78, 5) is 22.6. The van der Waals surface area contributed by atoms with Crippen LogP contribution < -0.4 is 15.4 Å². The maximum absolute atomic E-state index is 11.9. The number of amides is 1. The first-order valence-electron chi connectivity index (χ1n) is 5.63. The van der Waals surface area contributed by atoms with Gasteiger partial charge in [-0.05, 0) is 19.1 Å². The number of anilines is 1. The normalized spacial score (nSPS) is 14.7. The first-order chi connectivity index (χ1) is 8.59. The van der Waals surface area contributed by atoms with Crippen molar-refractivity contribution in [1.82, 2.24) is 5.32 Å². The second-order valence-corrected chi connectivity index (χ2v) is 3.99. The number of hydrogen-bond donors (Lipinski definition) is 3. The van der Waals surface area contributed by atoms with E-state index in [1.165, 1.54) is 6.92 Å². The lowest BCUT2D eigenvalue weighted by molar-refractivity contribution is -0.138. The van der Waals surface area contributed by atoms with E-state index < -0.39 is 17.9 Å². The zero-order valence-corrected chi connectivity index (χ0v) is 9.90. The Labute approximate surface area is 104 Å². The Morgan fingerprint density at radius 1 is 1.50 bits per heavy atom. The number of ether oxygens (including phenoxy) is 1. The Kier molecular flexibility index (Phi) is 3.36. The average molecular weight is 250 g/mol. The maximum atomic E-state index is 11.9. The van der Waals surface area contributed by atoms with Crippen molar-refractivity contribution < 1.29 is 19.4 Å². The molecule has 6 heteroatoms. The molecule has 6 nitrogen and oxygen atoms in total. The van der Waals surface area contributed by atoms with Crippen LogP contribution in [0.1, 0.15) is 17.3 Å². The number of carboxylic acids is 1. The Balaban J connectivity index is 2.23. The molecule has 3 N–H and O–H groups in total. The van der Waals surface area contributed by atoms with Gasteiger partial charge in [0.25, 0.3) is 5.91 Å². The van der Waals surface area contributed by atoms with Gasteiger partial charge in [0, 0.05) is 6.54 Å². The van der Waals surface area contributed by atoms with Gasteiger partial charge in [0.1, 0.15) is 12.6 Å². The van der Waals surface area contributed by atoms with E-state index in [9.17, 15) is 9.59 Å². The second kappa shape index (κ2) is 4.95. The first-order valence-corrected chi connectivity index (χ1v) is 5.63.